The molecule has 0 bridgehead atoms. The molecule has 1 aliphatic heterocycles. The van der Waals surface area contributed by atoms with Crippen LogP contribution in [0.4, 0.5) is 4.79 Å². The molecule has 1 amide bonds. The van der Waals surface area contributed by atoms with Gasteiger partial charge >= 0.3 is 6.09 Å². The lowest BCUT2D eigenvalue weighted by molar-refractivity contribution is -0.0468. The van der Waals surface area contributed by atoms with E-state index >= 15 is 0 Å². The van der Waals surface area contributed by atoms with Gasteiger partial charge in [-0.15, -0.1) is 0 Å². The topological polar surface area (TPSA) is 69.3 Å². The van der Waals surface area contributed by atoms with Crippen molar-refractivity contribution in [2.75, 3.05) is 65.8 Å². The van der Waals surface area contributed by atoms with Gasteiger partial charge in [0.15, 0.2) is 0 Å². The van der Waals surface area contributed by atoms with Crippen molar-refractivity contribution in [3.8, 4) is 0 Å². The molecule has 0 aromatic carbocycles. The SMILES string of the molecule is CCCCCCCC/C=C\CCCCCCCCOCC(COC(=O)NCCN1CCOCC1)OCCCCCCCC/C=C\CCCCCCCC. The fourth-order valence-corrected chi connectivity index (χ4v) is 6.77. The summed E-state index contributed by atoms with van der Waals surface area (Å²) in [5, 5.41) is 2.89. The van der Waals surface area contributed by atoms with Gasteiger partial charge in [-0.05, 0) is 64.2 Å². The van der Waals surface area contributed by atoms with E-state index < -0.39 is 0 Å². The molecule has 1 N–H and O–H groups in total. The number of morpholine rings is 1. The summed E-state index contributed by atoms with van der Waals surface area (Å²) in [5.41, 5.74) is 0. The van der Waals surface area contributed by atoms with Crippen LogP contribution in [0, 0.1) is 0 Å². The van der Waals surface area contributed by atoms with Crippen molar-refractivity contribution in [1.82, 2.24) is 10.2 Å². The van der Waals surface area contributed by atoms with Crippen molar-refractivity contribution < 1.29 is 23.7 Å². The molecule has 1 rings (SSSR count). The molecule has 0 radical (unpaired) electrons. The maximum absolute atomic E-state index is 12.4. The number of hydrogen-bond acceptors (Lipinski definition) is 6. The van der Waals surface area contributed by atoms with Crippen LogP contribution in [-0.4, -0.2) is 82.9 Å². The fourth-order valence-electron chi connectivity index (χ4n) is 6.77. The van der Waals surface area contributed by atoms with Crippen LogP contribution in [0.15, 0.2) is 24.3 Å². The van der Waals surface area contributed by atoms with Gasteiger partial charge in [-0.25, -0.2) is 4.79 Å². The zero-order valence-electron chi connectivity index (χ0n) is 35.2. The van der Waals surface area contributed by atoms with Crippen LogP contribution in [0.25, 0.3) is 0 Å². The van der Waals surface area contributed by atoms with Gasteiger partial charge in [0.05, 0.1) is 19.8 Å². The third kappa shape index (κ3) is 37.3. The highest BCUT2D eigenvalue weighted by Crippen LogP contribution is 2.12. The Labute approximate surface area is 329 Å². The molecule has 1 fully saturated rings. The summed E-state index contributed by atoms with van der Waals surface area (Å²) in [7, 11) is 0. The maximum Gasteiger partial charge on any atom is 0.407 e. The van der Waals surface area contributed by atoms with Crippen molar-refractivity contribution in [2.45, 2.75) is 200 Å². The molecule has 1 atom stereocenters. The highest BCUT2D eigenvalue weighted by Gasteiger charge is 2.14. The summed E-state index contributed by atoms with van der Waals surface area (Å²) in [6.45, 7) is 11.4. The number of allylic oxidation sites excluding steroid dienone is 4. The summed E-state index contributed by atoms with van der Waals surface area (Å²) >= 11 is 0. The Kier molecular flexibility index (Phi) is 39.1. The van der Waals surface area contributed by atoms with Crippen molar-refractivity contribution >= 4 is 6.09 Å². The average molecular weight is 749 g/mol. The highest BCUT2D eigenvalue weighted by atomic mass is 16.6. The Hall–Kier alpha value is -1.41. The van der Waals surface area contributed by atoms with Gasteiger partial charge in [0.2, 0.25) is 0 Å². The molecule has 0 spiro atoms. The van der Waals surface area contributed by atoms with Crippen LogP contribution in [-0.2, 0) is 18.9 Å². The third-order valence-electron chi connectivity index (χ3n) is 10.3. The standard InChI is InChI=1S/C46H88N2O5/c1-3-5-7-9-11-13-15-17-19-21-23-25-27-29-31-33-39-51-43-45(44-53-46(49)47-35-36-48-37-41-50-42-38-48)52-40-34-32-30-28-26-24-22-20-18-16-14-12-10-8-6-4-2/h17-20,45H,3-16,21-44H2,1-2H3,(H,47,49)/b19-17-,20-18-. The average Bonchev–Trinajstić information content (AvgIpc) is 3.17. The van der Waals surface area contributed by atoms with E-state index in [0.717, 1.165) is 52.3 Å². The van der Waals surface area contributed by atoms with E-state index in [1.165, 1.54) is 167 Å². The summed E-state index contributed by atoms with van der Waals surface area (Å²) in [4.78, 5) is 14.7. The number of carbonyl (C=O) groups is 1. The van der Waals surface area contributed by atoms with Crippen LogP contribution in [0.5, 0.6) is 0 Å². The van der Waals surface area contributed by atoms with E-state index in [0.29, 0.717) is 19.8 Å². The molecule has 0 saturated carbocycles. The molecule has 0 aromatic rings. The molecule has 0 aromatic heterocycles. The van der Waals surface area contributed by atoms with E-state index in [-0.39, 0.29) is 18.8 Å². The number of amides is 1. The van der Waals surface area contributed by atoms with Crippen LogP contribution in [0.1, 0.15) is 194 Å². The Balaban J connectivity index is 2.12. The first kappa shape index (κ1) is 49.6. The zero-order chi connectivity index (χ0) is 38.0. The van der Waals surface area contributed by atoms with Gasteiger partial charge in [-0.1, -0.05) is 154 Å². The number of unbranched alkanes of at least 4 members (excludes halogenated alkanes) is 24. The van der Waals surface area contributed by atoms with E-state index in [4.69, 9.17) is 18.9 Å². The molecule has 1 heterocycles. The number of carbonyl (C=O) groups excluding carboxylic acids is 1. The molecule has 1 saturated heterocycles. The third-order valence-corrected chi connectivity index (χ3v) is 10.3. The Bertz CT molecular complexity index is 801. The van der Waals surface area contributed by atoms with Crippen LogP contribution in [0.3, 0.4) is 0 Å². The Morgan fingerprint density at radius 2 is 1.02 bits per heavy atom. The predicted octanol–water partition coefficient (Wildman–Crippen LogP) is 12.5. The van der Waals surface area contributed by atoms with Gasteiger partial charge < -0.3 is 24.3 Å². The van der Waals surface area contributed by atoms with Gasteiger partial charge in [0.1, 0.15) is 12.7 Å². The lowest BCUT2D eigenvalue weighted by Crippen LogP contribution is -2.41. The summed E-state index contributed by atoms with van der Waals surface area (Å²) < 4.78 is 23.2. The second kappa shape index (κ2) is 41.7. The van der Waals surface area contributed by atoms with Crippen molar-refractivity contribution in [3.63, 3.8) is 0 Å². The molecule has 312 valence electrons. The first-order valence-corrected chi connectivity index (χ1v) is 23.0. The lowest BCUT2D eigenvalue weighted by Gasteiger charge is -2.26. The minimum Gasteiger partial charge on any atom is -0.447 e. The van der Waals surface area contributed by atoms with Gasteiger partial charge in [-0.3, -0.25) is 4.90 Å². The van der Waals surface area contributed by atoms with Crippen molar-refractivity contribution in [3.05, 3.63) is 24.3 Å². The van der Waals surface area contributed by atoms with Crippen molar-refractivity contribution in [1.29, 1.82) is 0 Å². The highest BCUT2D eigenvalue weighted by molar-refractivity contribution is 5.67. The number of nitrogens with zero attached hydrogens (tertiary/aromatic N) is 1. The zero-order valence-corrected chi connectivity index (χ0v) is 35.2. The van der Waals surface area contributed by atoms with E-state index in [9.17, 15) is 4.79 Å². The molecule has 0 aliphatic carbocycles. The first-order chi connectivity index (χ1) is 26.3. The largest absolute Gasteiger partial charge is 0.447 e. The van der Waals surface area contributed by atoms with Crippen LogP contribution >= 0.6 is 0 Å². The Morgan fingerprint density at radius 1 is 0.585 bits per heavy atom. The number of alkyl carbamates (subject to hydrolysis) is 1. The molecule has 1 aliphatic rings. The van der Waals surface area contributed by atoms with E-state index in [2.05, 4.69) is 48.4 Å². The minimum atomic E-state index is -0.377. The second-order valence-corrected chi connectivity index (χ2v) is 15.4. The maximum atomic E-state index is 12.4. The molecule has 7 nitrogen and oxygen atoms in total. The molecule has 53 heavy (non-hydrogen) atoms. The molecule has 7 heteroatoms. The number of rotatable bonds is 40. The lowest BCUT2D eigenvalue weighted by atomic mass is 10.1. The first-order valence-electron chi connectivity index (χ1n) is 23.0. The van der Waals surface area contributed by atoms with E-state index in [1.54, 1.807) is 0 Å². The van der Waals surface area contributed by atoms with Crippen molar-refractivity contribution in [2.24, 2.45) is 0 Å². The summed E-state index contributed by atoms with van der Waals surface area (Å²) in [6.07, 6.45) is 45.3. The number of nitrogens with one attached hydrogen (secondary N) is 1. The second-order valence-electron chi connectivity index (χ2n) is 15.4. The van der Waals surface area contributed by atoms with Crippen LogP contribution < -0.4 is 5.32 Å². The summed E-state index contributed by atoms with van der Waals surface area (Å²) in [5.74, 6) is 0. The van der Waals surface area contributed by atoms with Crippen LogP contribution in [0.2, 0.25) is 0 Å². The predicted molar refractivity (Wildman–Crippen MR) is 226 cm³/mol. The molecular formula is C46H88N2O5. The molecule has 1 unspecified atom stereocenters. The minimum absolute atomic E-state index is 0.225. The smallest absolute Gasteiger partial charge is 0.407 e. The number of ether oxygens (including phenoxy) is 4. The fraction of sp³-hybridized carbons (Fsp3) is 0.891. The monoisotopic (exact) mass is 749 g/mol. The van der Waals surface area contributed by atoms with Gasteiger partial charge in [0.25, 0.3) is 0 Å². The number of hydrogen-bond donors (Lipinski definition) is 1. The molecular weight excluding hydrogens is 661 g/mol. The van der Waals surface area contributed by atoms with Gasteiger partial charge in [-0.2, -0.15) is 0 Å². The Morgan fingerprint density at radius 3 is 1.51 bits per heavy atom. The normalized spacial score (nSPS) is 14.5. The van der Waals surface area contributed by atoms with Gasteiger partial charge in [0, 0.05) is 39.4 Å². The van der Waals surface area contributed by atoms with E-state index in [1.807, 2.05) is 0 Å². The quantitative estimate of drug-likeness (QED) is 0.0497. The summed E-state index contributed by atoms with van der Waals surface area (Å²) in [6, 6.07) is 0.